The molecule has 0 bridgehead atoms. The van der Waals surface area contributed by atoms with Gasteiger partial charge in [-0.25, -0.2) is 9.67 Å². The standard InChI is InChI=1S/C18H17N5O2S/c1-2-23-16(24)8-7-14(21-23)17(25)19-13-5-3-12(4-6-13)15-11-22-9-10-26-18(22)20-15/h3-8,11H,2,9-10H2,1H3,(H,19,25). The van der Waals surface area contributed by atoms with Crippen molar-refractivity contribution in [1.82, 2.24) is 19.3 Å². The van der Waals surface area contributed by atoms with Crippen LogP contribution in [0.25, 0.3) is 11.3 Å². The number of nitrogens with zero attached hydrogens (tertiary/aromatic N) is 4. The topological polar surface area (TPSA) is 81.8 Å². The first-order valence-electron chi connectivity index (χ1n) is 8.34. The average Bonchev–Trinajstić information content (AvgIpc) is 3.24. The van der Waals surface area contributed by atoms with Gasteiger partial charge >= 0.3 is 0 Å². The molecule has 3 aromatic rings. The van der Waals surface area contributed by atoms with Gasteiger partial charge in [0.15, 0.2) is 5.16 Å². The van der Waals surface area contributed by atoms with Crippen LogP contribution < -0.4 is 10.9 Å². The number of amides is 1. The number of rotatable bonds is 4. The van der Waals surface area contributed by atoms with Gasteiger partial charge in [0.05, 0.1) is 5.69 Å². The minimum Gasteiger partial charge on any atom is -0.325 e. The summed E-state index contributed by atoms with van der Waals surface area (Å²) in [7, 11) is 0. The van der Waals surface area contributed by atoms with E-state index in [0.29, 0.717) is 12.2 Å². The molecule has 0 fully saturated rings. The summed E-state index contributed by atoms with van der Waals surface area (Å²) in [4.78, 5) is 28.5. The first-order chi connectivity index (χ1) is 12.6. The van der Waals surface area contributed by atoms with E-state index in [4.69, 9.17) is 0 Å². The summed E-state index contributed by atoms with van der Waals surface area (Å²) < 4.78 is 3.41. The van der Waals surface area contributed by atoms with Crippen molar-refractivity contribution in [3.8, 4) is 11.3 Å². The molecule has 4 rings (SSSR count). The van der Waals surface area contributed by atoms with Crippen LogP contribution in [0.3, 0.4) is 0 Å². The molecule has 0 atom stereocenters. The smallest absolute Gasteiger partial charge is 0.276 e. The minimum atomic E-state index is -0.350. The van der Waals surface area contributed by atoms with Crippen LogP contribution in [0.1, 0.15) is 17.4 Å². The van der Waals surface area contributed by atoms with E-state index in [2.05, 4.69) is 26.2 Å². The maximum absolute atomic E-state index is 12.3. The molecule has 0 saturated carbocycles. The first kappa shape index (κ1) is 16.6. The van der Waals surface area contributed by atoms with Crippen molar-refractivity contribution in [1.29, 1.82) is 0 Å². The Morgan fingerprint density at radius 1 is 1.23 bits per heavy atom. The maximum atomic E-state index is 12.3. The number of benzene rings is 1. The van der Waals surface area contributed by atoms with Gasteiger partial charge in [-0.15, -0.1) is 0 Å². The zero-order chi connectivity index (χ0) is 18.1. The highest BCUT2D eigenvalue weighted by atomic mass is 32.2. The van der Waals surface area contributed by atoms with Crippen LogP contribution in [0.2, 0.25) is 0 Å². The van der Waals surface area contributed by atoms with E-state index >= 15 is 0 Å². The lowest BCUT2D eigenvalue weighted by molar-refractivity contribution is 0.102. The molecule has 132 valence electrons. The van der Waals surface area contributed by atoms with Gasteiger partial charge in [0.1, 0.15) is 5.69 Å². The van der Waals surface area contributed by atoms with Crippen molar-refractivity contribution in [2.45, 2.75) is 25.2 Å². The number of aryl methyl sites for hydroxylation is 2. The Labute approximate surface area is 154 Å². The van der Waals surface area contributed by atoms with E-state index in [1.807, 2.05) is 24.3 Å². The SMILES string of the molecule is CCn1nc(C(=O)Nc2ccc(-c3cn4c(n3)SCC4)cc2)ccc1=O. The zero-order valence-electron chi connectivity index (χ0n) is 14.2. The second-order valence-electron chi connectivity index (χ2n) is 5.85. The molecule has 1 aliphatic rings. The number of anilines is 1. The van der Waals surface area contributed by atoms with Crippen LogP contribution in [0, 0.1) is 0 Å². The maximum Gasteiger partial charge on any atom is 0.276 e. The highest BCUT2D eigenvalue weighted by Crippen LogP contribution is 2.29. The summed E-state index contributed by atoms with van der Waals surface area (Å²) >= 11 is 1.76. The molecule has 0 aliphatic carbocycles. The van der Waals surface area contributed by atoms with Crippen LogP contribution in [0.15, 0.2) is 52.5 Å². The molecule has 0 spiro atoms. The van der Waals surface area contributed by atoms with Gasteiger partial charge in [-0.1, -0.05) is 23.9 Å². The third-order valence-corrected chi connectivity index (χ3v) is 5.11. The average molecular weight is 367 g/mol. The molecule has 1 aliphatic heterocycles. The van der Waals surface area contributed by atoms with Crippen LogP contribution >= 0.6 is 11.8 Å². The molecular weight excluding hydrogens is 350 g/mol. The fraction of sp³-hybridized carbons (Fsp3) is 0.222. The van der Waals surface area contributed by atoms with Crippen molar-refractivity contribution in [2.24, 2.45) is 0 Å². The Balaban J connectivity index is 1.50. The van der Waals surface area contributed by atoms with E-state index in [0.717, 1.165) is 28.7 Å². The molecule has 0 saturated heterocycles. The van der Waals surface area contributed by atoms with Crippen molar-refractivity contribution >= 4 is 23.4 Å². The second kappa shape index (κ2) is 6.80. The number of thioether (sulfide) groups is 1. The highest BCUT2D eigenvalue weighted by molar-refractivity contribution is 7.99. The quantitative estimate of drug-likeness (QED) is 0.766. The Hall–Kier alpha value is -2.87. The number of nitrogens with one attached hydrogen (secondary N) is 1. The first-order valence-corrected chi connectivity index (χ1v) is 9.32. The second-order valence-corrected chi connectivity index (χ2v) is 6.92. The van der Waals surface area contributed by atoms with Crippen molar-refractivity contribution in [3.05, 3.63) is 58.6 Å². The molecule has 1 aromatic carbocycles. The Morgan fingerprint density at radius 3 is 2.77 bits per heavy atom. The van der Waals surface area contributed by atoms with Gasteiger partial charge in [-0.3, -0.25) is 9.59 Å². The summed E-state index contributed by atoms with van der Waals surface area (Å²) in [6, 6.07) is 10.3. The van der Waals surface area contributed by atoms with Crippen LogP contribution in [0.4, 0.5) is 5.69 Å². The molecule has 26 heavy (non-hydrogen) atoms. The highest BCUT2D eigenvalue weighted by Gasteiger charge is 2.15. The summed E-state index contributed by atoms with van der Waals surface area (Å²) in [5, 5.41) is 7.91. The predicted octanol–water partition coefficient (Wildman–Crippen LogP) is 2.48. The van der Waals surface area contributed by atoms with Gasteiger partial charge in [0.25, 0.3) is 11.5 Å². The minimum absolute atomic E-state index is 0.207. The number of fused-ring (bicyclic) bond motifs is 1. The molecule has 1 amide bonds. The number of aromatic nitrogens is 4. The Bertz CT molecular complexity index is 1000. The molecule has 0 radical (unpaired) electrons. The van der Waals surface area contributed by atoms with Crippen molar-refractivity contribution < 1.29 is 4.79 Å². The summed E-state index contributed by atoms with van der Waals surface area (Å²) in [6.45, 7) is 3.22. The number of imidazole rings is 1. The Morgan fingerprint density at radius 2 is 2.04 bits per heavy atom. The molecule has 2 aromatic heterocycles. The van der Waals surface area contributed by atoms with E-state index in [1.54, 1.807) is 18.7 Å². The fourth-order valence-corrected chi connectivity index (χ4v) is 3.71. The van der Waals surface area contributed by atoms with Gasteiger partial charge in [-0.05, 0) is 25.1 Å². The zero-order valence-corrected chi connectivity index (χ0v) is 15.0. The monoisotopic (exact) mass is 367 g/mol. The Kier molecular flexibility index (Phi) is 4.34. The predicted molar refractivity (Wildman–Crippen MR) is 101 cm³/mol. The lowest BCUT2D eigenvalue weighted by Crippen LogP contribution is -2.25. The summed E-state index contributed by atoms with van der Waals surface area (Å²) in [6.07, 6.45) is 2.06. The van der Waals surface area contributed by atoms with Crippen LogP contribution in [-0.2, 0) is 13.1 Å². The molecular formula is C18H17N5O2S. The lowest BCUT2D eigenvalue weighted by Gasteiger charge is -2.07. The fourth-order valence-electron chi connectivity index (χ4n) is 2.76. The molecule has 0 unspecified atom stereocenters. The molecule has 8 heteroatoms. The van der Waals surface area contributed by atoms with E-state index in [-0.39, 0.29) is 17.2 Å². The molecule has 7 nitrogen and oxygen atoms in total. The number of carbonyl (C=O) groups is 1. The van der Waals surface area contributed by atoms with Crippen LogP contribution in [0.5, 0.6) is 0 Å². The van der Waals surface area contributed by atoms with Gasteiger partial charge < -0.3 is 9.88 Å². The number of carbonyl (C=O) groups excluding carboxylic acids is 1. The van der Waals surface area contributed by atoms with Crippen molar-refractivity contribution in [3.63, 3.8) is 0 Å². The summed E-state index contributed by atoms with van der Waals surface area (Å²) in [5.41, 5.74) is 2.58. The lowest BCUT2D eigenvalue weighted by atomic mass is 10.1. The van der Waals surface area contributed by atoms with Crippen LogP contribution in [-0.4, -0.2) is 31.0 Å². The summed E-state index contributed by atoms with van der Waals surface area (Å²) in [5.74, 6) is 0.727. The van der Waals surface area contributed by atoms with Crippen molar-refractivity contribution in [2.75, 3.05) is 11.1 Å². The third kappa shape index (κ3) is 3.15. The number of hydrogen-bond acceptors (Lipinski definition) is 5. The molecule has 3 heterocycles. The van der Waals surface area contributed by atoms with Gasteiger partial charge in [-0.2, -0.15) is 5.10 Å². The van der Waals surface area contributed by atoms with E-state index < -0.39 is 0 Å². The largest absolute Gasteiger partial charge is 0.325 e. The molecule has 1 N–H and O–H groups in total. The normalized spacial score (nSPS) is 12.8. The van der Waals surface area contributed by atoms with Gasteiger partial charge in [0.2, 0.25) is 0 Å². The van der Waals surface area contributed by atoms with E-state index in [1.165, 1.54) is 16.8 Å². The third-order valence-electron chi connectivity index (χ3n) is 4.14. The number of hydrogen-bond donors (Lipinski definition) is 1. The van der Waals surface area contributed by atoms with Gasteiger partial charge in [0, 0.05) is 42.4 Å². The van der Waals surface area contributed by atoms with E-state index in [9.17, 15) is 9.59 Å².